The summed E-state index contributed by atoms with van der Waals surface area (Å²) >= 11 is 0. The molecule has 0 spiro atoms. The molecular weight excluding hydrogens is 375 g/mol. The standard InChI is InChI=1S/C26H30O2P/c1-22(28-26-19-11-12-20-27-26)21-29(23-13-5-2-6-14-23,24-15-7-3-8-16-24)25-17-9-4-10-18-25/h2-10,13-18,22,26H,11-12,19-21H2,1H3/q+1. The minimum atomic E-state index is -1.86. The van der Waals surface area contributed by atoms with Crippen LogP contribution in [0.25, 0.3) is 0 Å². The first-order valence-corrected chi connectivity index (χ1v) is 12.6. The number of benzene rings is 3. The van der Waals surface area contributed by atoms with Crippen LogP contribution >= 0.6 is 7.26 Å². The summed E-state index contributed by atoms with van der Waals surface area (Å²) in [5, 5.41) is 4.20. The zero-order valence-electron chi connectivity index (χ0n) is 17.1. The Bertz CT molecular complexity index is 764. The smallest absolute Gasteiger partial charge is 0.158 e. The zero-order valence-corrected chi connectivity index (χ0v) is 18.0. The summed E-state index contributed by atoms with van der Waals surface area (Å²) in [7, 11) is -1.86. The summed E-state index contributed by atoms with van der Waals surface area (Å²) in [4.78, 5) is 0. The average Bonchev–Trinajstić information content (AvgIpc) is 2.80. The van der Waals surface area contributed by atoms with E-state index in [9.17, 15) is 0 Å². The van der Waals surface area contributed by atoms with Crippen LogP contribution in [0.4, 0.5) is 0 Å². The van der Waals surface area contributed by atoms with E-state index >= 15 is 0 Å². The van der Waals surface area contributed by atoms with Crippen LogP contribution in [-0.4, -0.2) is 25.2 Å². The molecule has 2 unspecified atom stereocenters. The van der Waals surface area contributed by atoms with Crippen LogP contribution in [-0.2, 0) is 9.47 Å². The van der Waals surface area contributed by atoms with Gasteiger partial charge in [0.15, 0.2) is 6.29 Å². The van der Waals surface area contributed by atoms with Crippen LogP contribution in [0.5, 0.6) is 0 Å². The Kier molecular flexibility index (Phi) is 6.77. The van der Waals surface area contributed by atoms with Crippen molar-refractivity contribution in [3.63, 3.8) is 0 Å². The SMILES string of the molecule is CC(C[P+](c1ccccc1)(c1ccccc1)c1ccccc1)OC1CCCCO1. The molecule has 0 N–H and O–H groups in total. The van der Waals surface area contributed by atoms with E-state index < -0.39 is 7.26 Å². The van der Waals surface area contributed by atoms with Gasteiger partial charge in [0.1, 0.15) is 23.2 Å². The highest BCUT2D eigenvalue weighted by atomic mass is 31.2. The molecule has 3 aromatic rings. The third kappa shape index (κ3) is 4.61. The van der Waals surface area contributed by atoms with Gasteiger partial charge in [-0.05, 0) is 62.6 Å². The summed E-state index contributed by atoms with van der Waals surface area (Å²) in [6.07, 6.45) is 4.33. The normalized spacial score (nSPS) is 18.3. The maximum absolute atomic E-state index is 6.42. The van der Waals surface area contributed by atoms with Gasteiger partial charge in [0.05, 0.1) is 12.3 Å². The fraction of sp³-hybridized carbons (Fsp3) is 0.308. The van der Waals surface area contributed by atoms with Gasteiger partial charge in [-0.1, -0.05) is 54.6 Å². The van der Waals surface area contributed by atoms with E-state index in [0.29, 0.717) is 0 Å². The van der Waals surface area contributed by atoms with Gasteiger partial charge in [0.25, 0.3) is 0 Å². The van der Waals surface area contributed by atoms with Crippen molar-refractivity contribution in [1.82, 2.24) is 0 Å². The predicted molar refractivity (Wildman–Crippen MR) is 124 cm³/mol. The molecule has 0 bridgehead atoms. The van der Waals surface area contributed by atoms with Crippen molar-refractivity contribution in [2.75, 3.05) is 12.8 Å². The topological polar surface area (TPSA) is 18.5 Å². The highest BCUT2D eigenvalue weighted by Crippen LogP contribution is 2.56. The minimum absolute atomic E-state index is 0.0667. The Hall–Kier alpha value is -1.99. The van der Waals surface area contributed by atoms with Crippen LogP contribution in [0, 0.1) is 0 Å². The van der Waals surface area contributed by atoms with Gasteiger partial charge >= 0.3 is 0 Å². The minimum Gasteiger partial charge on any atom is -0.353 e. The summed E-state index contributed by atoms with van der Waals surface area (Å²) in [5.74, 6) is 0. The lowest BCUT2D eigenvalue weighted by Crippen LogP contribution is -2.38. The van der Waals surface area contributed by atoms with E-state index in [1.54, 1.807) is 0 Å². The third-order valence-electron chi connectivity index (χ3n) is 5.64. The highest BCUT2D eigenvalue weighted by molar-refractivity contribution is 7.95. The van der Waals surface area contributed by atoms with Crippen molar-refractivity contribution in [3.05, 3.63) is 91.0 Å². The fourth-order valence-corrected chi connectivity index (χ4v) is 8.74. The van der Waals surface area contributed by atoms with Crippen LogP contribution in [0.1, 0.15) is 26.2 Å². The monoisotopic (exact) mass is 405 g/mol. The molecule has 1 aliphatic heterocycles. The second-order valence-electron chi connectivity index (χ2n) is 7.74. The molecule has 0 aromatic heterocycles. The molecule has 2 nitrogen and oxygen atoms in total. The molecule has 29 heavy (non-hydrogen) atoms. The Balaban J connectivity index is 1.77. The summed E-state index contributed by atoms with van der Waals surface area (Å²) < 4.78 is 12.3. The fourth-order valence-electron chi connectivity index (χ4n) is 4.32. The molecule has 3 aromatic carbocycles. The highest BCUT2D eigenvalue weighted by Gasteiger charge is 2.46. The van der Waals surface area contributed by atoms with Crippen molar-refractivity contribution < 1.29 is 9.47 Å². The Labute approximate surface area is 175 Å². The lowest BCUT2D eigenvalue weighted by molar-refractivity contribution is -0.179. The first-order chi connectivity index (χ1) is 14.3. The molecule has 2 atom stereocenters. The van der Waals surface area contributed by atoms with Crippen LogP contribution in [0.2, 0.25) is 0 Å². The molecule has 1 saturated heterocycles. The summed E-state index contributed by atoms with van der Waals surface area (Å²) in [6.45, 7) is 3.02. The molecule has 3 heteroatoms. The molecule has 1 aliphatic rings. The molecule has 0 aliphatic carbocycles. The number of rotatable bonds is 7. The third-order valence-corrected chi connectivity index (χ3v) is 10.2. The lowest BCUT2D eigenvalue weighted by atomic mass is 10.2. The van der Waals surface area contributed by atoms with Gasteiger partial charge in [0, 0.05) is 6.61 Å². The van der Waals surface area contributed by atoms with Gasteiger partial charge < -0.3 is 9.47 Å². The van der Waals surface area contributed by atoms with Gasteiger partial charge in [-0.15, -0.1) is 0 Å². The average molecular weight is 405 g/mol. The molecule has 1 fully saturated rings. The van der Waals surface area contributed by atoms with Crippen molar-refractivity contribution in [2.45, 2.75) is 38.6 Å². The summed E-state index contributed by atoms with van der Waals surface area (Å²) in [5.41, 5.74) is 0. The Morgan fingerprint density at radius 1 is 0.793 bits per heavy atom. The van der Waals surface area contributed by atoms with Crippen LogP contribution in [0.15, 0.2) is 91.0 Å². The zero-order chi connectivity index (χ0) is 19.9. The number of ether oxygens (including phenoxy) is 2. The first-order valence-electron chi connectivity index (χ1n) is 10.6. The van der Waals surface area contributed by atoms with Gasteiger partial charge in [-0.25, -0.2) is 0 Å². The number of hydrogen-bond acceptors (Lipinski definition) is 2. The first kappa shape index (κ1) is 20.3. The van der Waals surface area contributed by atoms with E-state index in [-0.39, 0.29) is 12.4 Å². The van der Waals surface area contributed by atoms with Crippen molar-refractivity contribution in [1.29, 1.82) is 0 Å². The molecule has 0 radical (unpaired) electrons. The molecular formula is C26H30O2P+. The maximum Gasteiger partial charge on any atom is 0.158 e. The van der Waals surface area contributed by atoms with E-state index in [1.165, 1.54) is 22.3 Å². The molecule has 1 heterocycles. The Morgan fingerprint density at radius 2 is 1.28 bits per heavy atom. The summed E-state index contributed by atoms with van der Waals surface area (Å²) in [6, 6.07) is 33.0. The van der Waals surface area contributed by atoms with Crippen LogP contribution in [0.3, 0.4) is 0 Å². The largest absolute Gasteiger partial charge is 0.353 e. The predicted octanol–water partition coefficient (Wildman–Crippen LogP) is 4.91. The molecule has 0 amide bonds. The quantitative estimate of drug-likeness (QED) is 0.520. The van der Waals surface area contributed by atoms with Gasteiger partial charge in [-0.3, -0.25) is 0 Å². The second kappa shape index (κ2) is 9.67. The van der Waals surface area contributed by atoms with Crippen molar-refractivity contribution >= 4 is 23.2 Å². The van der Waals surface area contributed by atoms with Crippen molar-refractivity contribution in [3.8, 4) is 0 Å². The van der Waals surface area contributed by atoms with Gasteiger partial charge in [0.2, 0.25) is 0 Å². The van der Waals surface area contributed by atoms with Crippen LogP contribution < -0.4 is 15.9 Å². The molecule has 0 saturated carbocycles. The molecule has 150 valence electrons. The van der Waals surface area contributed by atoms with Gasteiger partial charge in [-0.2, -0.15) is 0 Å². The maximum atomic E-state index is 6.42. The van der Waals surface area contributed by atoms with E-state index in [4.69, 9.17) is 9.47 Å². The van der Waals surface area contributed by atoms with E-state index in [0.717, 1.165) is 25.6 Å². The molecule has 4 rings (SSSR count). The van der Waals surface area contributed by atoms with E-state index in [2.05, 4.69) is 97.9 Å². The number of hydrogen-bond donors (Lipinski definition) is 0. The Morgan fingerprint density at radius 3 is 1.69 bits per heavy atom. The lowest BCUT2D eigenvalue weighted by Gasteiger charge is -2.32. The van der Waals surface area contributed by atoms with Crippen molar-refractivity contribution in [2.24, 2.45) is 0 Å². The second-order valence-corrected chi connectivity index (χ2v) is 11.3. The van der Waals surface area contributed by atoms with E-state index in [1.807, 2.05) is 0 Å².